The first-order chi connectivity index (χ1) is 16.6. The fraction of sp³-hybridized carbons (Fsp3) is 0.222. The van der Waals surface area contributed by atoms with Crippen molar-refractivity contribution in [3.05, 3.63) is 99.2 Å². The number of nitro groups is 1. The van der Waals surface area contributed by atoms with Gasteiger partial charge in [0.05, 0.1) is 16.1 Å². The van der Waals surface area contributed by atoms with Gasteiger partial charge < -0.3 is 4.74 Å². The molecule has 0 saturated carbocycles. The van der Waals surface area contributed by atoms with Gasteiger partial charge in [-0.2, -0.15) is 5.26 Å². The Balaban J connectivity index is 1.74. The van der Waals surface area contributed by atoms with Gasteiger partial charge in [0.25, 0.3) is 5.69 Å². The molecule has 0 aliphatic carbocycles. The Morgan fingerprint density at radius 1 is 1.14 bits per heavy atom. The number of nitriles is 1. The number of nitrogens with zero attached hydrogens (tertiary/aromatic N) is 3. The van der Waals surface area contributed by atoms with Crippen LogP contribution in [0.3, 0.4) is 0 Å². The summed E-state index contributed by atoms with van der Waals surface area (Å²) in [6, 6.07) is 17.4. The van der Waals surface area contributed by atoms with Gasteiger partial charge in [-0.05, 0) is 81.1 Å². The van der Waals surface area contributed by atoms with E-state index in [0.717, 1.165) is 21.6 Å². The van der Waals surface area contributed by atoms with Crippen LogP contribution in [-0.4, -0.2) is 21.5 Å². The number of benzene rings is 2. The van der Waals surface area contributed by atoms with Gasteiger partial charge in [0.15, 0.2) is 0 Å². The van der Waals surface area contributed by atoms with Crippen LogP contribution in [0.5, 0.6) is 0 Å². The Morgan fingerprint density at radius 2 is 1.77 bits per heavy atom. The molecule has 3 rings (SSSR count). The summed E-state index contributed by atoms with van der Waals surface area (Å²) in [5, 5.41) is 21.0. The van der Waals surface area contributed by atoms with Gasteiger partial charge in [0, 0.05) is 23.2 Å². The minimum atomic E-state index is -0.557. The number of carbonyl (C=O) groups excluding carboxylic acids is 1. The summed E-state index contributed by atoms with van der Waals surface area (Å²) >= 11 is 1.28. The lowest BCUT2D eigenvalue weighted by Gasteiger charge is -2.19. The second kappa shape index (κ2) is 11.0. The highest BCUT2D eigenvalue weighted by molar-refractivity contribution is 7.99. The third-order valence-corrected chi connectivity index (χ3v) is 5.95. The van der Waals surface area contributed by atoms with Crippen molar-refractivity contribution in [2.45, 2.75) is 49.6 Å². The largest absolute Gasteiger partial charge is 0.456 e. The van der Waals surface area contributed by atoms with E-state index in [0.29, 0.717) is 22.6 Å². The van der Waals surface area contributed by atoms with E-state index in [1.54, 1.807) is 36.5 Å². The molecule has 178 valence electrons. The zero-order valence-corrected chi connectivity index (χ0v) is 20.8. The quantitative estimate of drug-likeness (QED) is 0.209. The van der Waals surface area contributed by atoms with Gasteiger partial charge in [-0.3, -0.25) is 10.1 Å². The molecule has 0 N–H and O–H groups in total. The number of allylic oxidation sites excluding steroid dienone is 2. The summed E-state index contributed by atoms with van der Waals surface area (Å²) < 4.78 is 5.42. The molecule has 3 aromatic rings. The number of nitro benzene ring substituents is 1. The van der Waals surface area contributed by atoms with Crippen molar-refractivity contribution in [2.75, 3.05) is 0 Å². The molecule has 0 atom stereocenters. The summed E-state index contributed by atoms with van der Waals surface area (Å²) in [7, 11) is 0. The topological polar surface area (TPSA) is 106 Å². The van der Waals surface area contributed by atoms with Crippen LogP contribution >= 0.6 is 11.8 Å². The third kappa shape index (κ3) is 7.01. The molecule has 0 bridgehead atoms. The second-order valence-corrected chi connectivity index (χ2v) is 9.79. The van der Waals surface area contributed by atoms with Crippen LogP contribution in [0.2, 0.25) is 0 Å². The fourth-order valence-electron chi connectivity index (χ4n) is 3.25. The highest BCUT2D eigenvalue weighted by Gasteiger charge is 2.18. The van der Waals surface area contributed by atoms with E-state index in [4.69, 9.17) is 4.74 Å². The first kappa shape index (κ1) is 25.7. The number of hydrogen-bond acceptors (Lipinski definition) is 7. The predicted octanol–water partition coefficient (Wildman–Crippen LogP) is 6.61. The van der Waals surface area contributed by atoms with Gasteiger partial charge in [-0.1, -0.05) is 30.0 Å². The van der Waals surface area contributed by atoms with E-state index in [1.165, 1.54) is 23.9 Å². The number of hydrogen-bond donors (Lipinski definition) is 0. The van der Waals surface area contributed by atoms with E-state index in [-0.39, 0.29) is 11.7 Å². The van der Waals surface area contributed by atoms with Crippen LogP contribution in [-0.2, 0) is 11.2 Å². The first-order valence-corrected chi connectivity index (χ1v) is 11.7. The van der Waals surface area contributed by atoms with Crippen LogP contribution in [0.1, 0.15) is 54.7 Å². The highest BCUT2D eigenvalue weighted by Crippen LogP contribution is 2.31. The maximum atomic E-state index is 12.3. The van der Waals surface area contributed by atoms with E-state index in [1.807, 2.05) is 45.9 Å². The molecule has 0 saturated heterocycles. The zero-order chi connectivity index (χ0) is 25.6. The van der Waals surface area contributed by atoms with E-state index in [9.17, 15) is 20.2 Å². The van der Waals surface area contributed by atoms with Crippen molar-refractivity contribution < 1.29 is 14.5 Å². The highest BCUT2D eigenvalue weighted by atomic mass is 32.2. The van der Waals surface area contributed by atoms with Gasteiger partial charge in [0.2, 0.25) is 0 Å². The number of esters is 1. The van der Waals surface area contributed by atoms with Gasteiger partial charge in [-0.15, -0.1) is 0 Å². The standard InChI is InChI=1S/C27H25N3O4S/c1-5-19(20-6-8-21(9-7-20)26(31)34-27(2,3)4)14-18-15-22(16-28)25(29-17-18)35-24-12-10-23(11-13-24)30(32)33/h5-13,15,17H,14H2,1-4H3. The van der Waals surface area contributed by atoms with E-state index in [2.05, 4.69) is 11.1 Å². The number of ether oxygens (including phenoxy) is 1. The van der Waals surface area contributed by atoms with E-state index < -0.39 is 10.5 Å². The Labute approximate surface area is 208 Å². The molecular formula is C27H25N3O4S. The number of non-ortho nitro benzene ring substituents is 1. The molecule has 0 unspecified atom stereocenters. The summed E-state index contributed by atoms with van der Waals surface area (Å²) in [4.78, 5) is 27.9. The summed E-state index contributed by atoms with van der Waals surface area (Å²) in [5.74, 6) is -0.366. The molecule has 2 aromatic carbocycles. The Hall–Kier alpha value is -3.96. The molecule has 1 aromatic heterocycles. The van der Waals surface area contributed by atoms with Crippen molar-refractivity contribution in [1.82, 2.24) is 4.98 Å². The minimum absolute atomic E-state index is 0.0103. The lowest BCUT2D eigenvalue weighted by Crippen LogP contribution is -2.23. The van der Waals surface area contributed by atoms with Crippen LogP contribution in [0.15, 0.2) is 76.8 Å². The maximum absolute atomic E-state index is 12.3. The number of pyridine rings is 1. The monoisotopic (exact) mass is 487 g/mol. The average Bonchev–Trinajstić information content (AvgIpc) is 2.82. The molecule has 0 spiro atoms. The Kier molecular flexibility index (Phi) is 8.05. The number of rotatable bonds is 7. The lowest BCUT2D eigenvalue weighted by atomic mass is 9.97. The molecule has 8 heteroatoms. The summed E-state index contributed by atoms with van der Waals surface area (Å²) in [6.45, 7) is 7.43. The first-order valence-electron chi connectivity index (χ1n) is 10.9. The van der Waals surface area contributed by atoms with Crippen LogP contribution < -0.4 is 0 Å². The molecule has 0 amide bonds. The van der Waals surface area contributed by atoms with Gasteiger partial charge in [-0.25, -0.2) is 9.78 Å². The fourth-order valence-corrected chi connectivity index (χ4v) is 4.06. The minimum Gasteiger partial charge on any atom is -0.456 e. The Bertz CT molecular complexity index is 1300. The van der Waals surface area contributed by atoms with Crippen LogP contribution in [0.4, 0.5) is 5.69 Å². The normalized spacial score (nSPS) is 11.6. The third-order valence-electron chi connectivity index (χ3n) is 4.92. The van der Waals surface area contributed by atoms with Crippen molar-refractivity contribution in [1.29, 1.82) is 5.26 Å². The molecule has 35 heavy (non-hydrogen) atoms. The smallest absolute Gasteiger partial charge is 0.338 e. The Morgan fingerprint density at radius 3 is 2.31 bits per heavy atom. The average molecular weight is 488 g/mol. The van der Waals surface area contributed by atoms with Gasteiger partial charge in [0.1, 0.15) is 16.7 Å². The molecule has 0 radical (unpaired) electrons. The summed E-state index contributed by atoms with van der Waals surface area (Å²) in [6.07, 6.45) is 4.29. The van der Waals surface area contributed by atoms with Crippen molar-refractivity contribution in [2.24, 2.45) is 0 Å². The van der Waals surface area contributed by atoms with Crippen molar-refractivity contribution >= 4 is 29.0 Å². The molecule has 0 fully saturated rings. The zero-order valence-electron chi connectivity index (χ0n) is 19.9. The van der Waals surface area contributed by atoms with E-state index >= 15 is 0 Å². The van der Waals surface area contributed by atoms with Crippen molar-refractivity contribution in [3.63, 3.8) is 0 Å². The molecule has 1 heterocycles. The molecule has 7 nitrogen and oxygen atoms in total. The number of carbonyl (C=O) groups is 1. The maximum Gasteiger partial charge on any atom is 0.338 e. The van der Waals surface area contributed by atoms with Crippen LogP contribution in [0, 0.1) is 21.4 Å². The van der Waals surface area contributed by atoms with Crippen molar-refractivity contribution in [3.8, 4) is 6.07 Å². The van der Waals surface area contributed by atoms with Gasteiger partial charge >= 0.3 is 5.97 Å². The molecule has 0 aliphatic rings. The molecule has 0 aliphatic heterocycles. The van der Waals surface area contributed by atoms with Crippen LogP contribution in [0.25, 0.3) is 5.57 Å². The SMILES string of the molecule is CC=C(Cc1cnc(Sc2ccc([N+](=O)[O-])cc2)c(C#N)c1)c1ccc(C(=O)OC(C)(C)C)cc1. The number of aromatic nitrogens is 1. The predicted molar refractivity (Wildman–Crippen MR) is 135 cm³/mol. The summed E-state index contributed by atoms with van der Waals surface area (Å²) in [5.41, 5.74) is 3.24. The lowest BCUT2D eigenvalue weighted by molar-refractivity contribution is -0.384. The molecular weight excluding hydrogens is 462 g/mol. The second-order valence-electron chi connectivity index (χ2n) is 8.73.